The van der Waals surface area contributed by atoms with Crippen LogP contribution in [0.5, 0.6) is 0 Å². The van der Waals surface area contributed by atoms with E-state index in [1.54, 1.807) is 17.1 Å². The second-order valence-electron chi connectivity index (χ2n) is 6.59. The first-order valence-electron chi connectivity index (χ1n) is 8.70. The van der Waals surface area contributed by atoms with E-state index in [2.05, 4.69) is 15.4 Å². The lowest BCUT2D eigenvalue weighted by molar-refractivity contribution is -0.0627. The van der Waals surface area contributed by atoms with Crippen LogP contribution in [0.25, 0.3) is 5.69 Å². The van der Waals surface area contributed by atoms with Gasteiger partial charge in [0, 0.05) is 25.5 Å². The summed E-state index contributed by atoms with van der Waals surface area (Å²) in [7, 11) is 0. The van der Waals surface area contributed by atoms with Crippen LogP contribution in [-0.4, -0.2) is 54.8 Å². The molecule has 2 aromatic heterocycles. The molecular weight excluding hydrogens is 332 g/mol. The molecule has 2 aliphatic rings. The molecule has 0 aliphatic carbocycles. The lowest BCUT2D eigenvalue weighted by Gasteiger charge is -2.41. The predicted octanol–water partition coefficient (Wildman–Crippen LogP) is 1.45. The fraction of sp³-hybridized carbons (Fsp3) is 0.333. The first kappa shape index (κ1) is 15.3. The quantitative estimate of drug-likeness (QED) is 0.699. The molecule has 0 saturated carbocycles. The van der Waals surface area contributed by atoms with Crippen molar-refractivity contribution in [3.8, 4) is 5.69 Å². The number of fused-ring (bicyclic) bond motifs is 3. The molecule has 1 saturated heterocycles. The second-order valence-corrected chi connectivity index (χ2v) is 6.59. The van der Waals surface area contributed by atoms with Crippen LogP contribution in [0, 0.1) is 0 Å². The molecule has 2 atom stereocenters. The number of rotatable bonds is 2. The zero-order valence-corrected chi connectivity index (χ0v) is 14.1. The number of amides is 1. The Hall–Kier alpha value is -3.00. The van der Waals surface area contributed by atoms with Crippen LogP contribution in [0.15, 0.2) is 48.9 Å². The number of aromatic nitrogens is 5. The number of piperidine rings is 1. The van der Waals surface area contributed by atoms with Crippen LogP contribution in [-0.2, 0) is 11.3 Å². The van der Waals surface area contributed by atoms with E-state index >= 15 is 0 Å². The maximum Gasteiger partial charge on any atom is 0.256 e. The maximum absolute atomic E-state index is 13.2. The third kappa shape index (κ3) is 2.41. The van der Waals surface area contributed by atoms with Gasteiger partial charge in [-0.15, -0.1) is 5.10 Å². The average Bonchev–Trinajstić information content (AvgIpc) is 3.38. The van der Waals surface area contributed by atoms with Crippen molar-refractivity contribution in [2.75, 3.05) is 13.1 Å². The molecule has 0 bridgehead atoms. The molecule has 1 fully saturated rings. The topological polar surface area (TPSA) is 78.1 Å². The summed E-state index contributed by atoms with van der Waals surface area (Å²) >= 11 is 0. The number of carbonyl (C=O) groups is 1. The first-order chi connectivity index (χ1) is 12.8. The highest BCUT2D eigenvalue weighted by Crippen LogP contribution is 2.31. The van der Waals surface area contributed by atoms with Gasteiger partial charge in [0.25, 0.3) is 5.91 Å². The van der Waals surface area contributed by atoms with Crippen molar-refractivity contribution in [3.63, 3.8) is 0 Å². The van der Waals surface area contributed by atoms with Gasteiger partial charge in [0.2, 0.25) is 0 Å². The highest BCUT2D eigenvalue weighted by molar-refractivity contribution is 5.97. The second kappa shape index (κ2) is 6.06. The summed E-state index contributed by atoms with van der Waals surface area (Å²) in [5.74, 6) is 0.00235. The molecule has 8 heteroatoms. The van der Waals surface area contributed by atoms with E-state index in [0.29, 0.717) is 25.3 Å². The highest BCUT2D eigenvalue weighted by Gasteiger charge is 2.38. The molecule has 0 unspecified atom stereocenters. The minimum absolute atomic E-state index is 0.00235. The number of nitrogens with zero attached hydrogens (tertiary/aromatic N) is 6. The maximum atomic E-state index is 13.2. The summed E-state index contributed by atoms with van der Waals surface area (Å²) in [5.41, 5.74) is 2.43. The molecule has 4 heterocycles. The molecule has 8 nitrogen and oxygen atoms in total. The summed E-state index contributed by atoms with van der Waals surface area (Å²) < 4.78 is 9.65. The number of hydrogen-bond donors (Lipinski definition) is 0. The van der Waals surface area contributed by atoms with Crippen molar-refractivity contribution in [1.29, 1.82) is 0 Å². The zero-order chi connectivity index (χ0) is 17.5. The van der Waals surface area contributed by atoms with E-state index in [1.807, 2.05) is 46.1 Å². The standard InChI is InChI=1S/C18H18N6O2/c25-18(14-4-1-2-5-15(14)23-8-3-7-20-23)22-9-6-16-17(11-22)26-12-13-10-19-21-24(13)16/h1-5,7-8,10,16-17H,6,9,11-12H2/t16-,17-/m0/s1. The van der Waals surface area contributed by atoms with Crippen LogP contribution in [0.2, 0.25) is 0 Å². The van der Waals surface area contributed by atoms with Crippen LogP contribution in [0.1, 0.15) is 28.5 Å². The molecule has 132 valence electrons. The highest BCUT2D eigenvalue weighted by atomic mass is 16.5. The van der Waals surface area contributed by atoms with E-state index in [1.165, 1.54) is 0 Å². The molecule has 5 rings (SSSR count). The fourth-order valence-electron chi connectivity index (χ4n) is 3.81. The van der Waals surface area contributed by atoms with Gasteiger partial charge in [0.1, 0.15) is 0 Å². The number of likely N-dealkylation sites (tertiary alicyclic amines) is 1. The lowest BCUT2D eigenvalue weighted by Crippen LogP contribution is -2.50. The van der Waals surface area contributed by atoms with Gasteiger partial charge in [-0.05, 0) is 24.6 Å². The number of carbonyl (C=O) groups excluding carboxylic acids is 1. The smallest absolute Gasteiger partial charge is 0.256 e. The molecule has 3 aromatic rings. The van der Waals surface area contributed by atoms with Gasteiger partial charge in [0.05, 0.1) is 41.9 Å². The Kier molecular flexibility index (Phi) is 3.56. The Morgan fingerprint density at radius 2 is 2.15 bits per heavy atom. The summed E-state index contributed by atoms with van der Waals surface area (Å²) in [5, 5.41) is 12.4. The normalized spacial score (nSPS) is 21.9. The Morgan fingerprint density at radius 3 is 3.04 bits per heavy atom. The lowest BCUT2D eigenvalue weighted by atomic mass is 9.99. The van der Waals surface area contributed by atoms with E-state index in [9.17, 15) is 4.79 Å². The molecule has 1 aromatic carbocycles. The van der Waals surface area contributed by atoms with E-state index in [-0.39, 0.29) is 18.1 Å². The third-order valence-electron chi connectivity index (χ3n) is 5.11. The summed E-state index contributed by atoms with van der Waals surface area (Å²) in [6.45, 7) is 1.70. The van der Waals surface area contributed by atoms with Crippen molar-refractivity contribution in [2.45, 2.75) is 25.2 Å². The van der Waals surface area contributed by atoms with Gasteiger partial charge in [-0.3, -0.25) is 4.79 Å². The monoisotopic (exact) mass is 350 g/mol. The van der Waals surface area contributed by atoms with Gasteiger partial charge in [0.15, 0.2) is 0 Å². The van der Waals surface area contributed by atoms with Crippen molar-refractivity contribution in [1.82, 2.24) is 29.7 Å². The molecule has 2 aliphatic heterocycles. The number of ether oxygens (including phenoxy) is 1. The van der Waals surface area contributed by atoms with Crippen LogP contribution in [0.4, 0.5) is 0 Å². The van der Waals surface area contributed by atoms with Crippen LogP contribution < -0.4 is 0 Å². The third-order valence-corrected chi connectivity index (χ3v) is 5.11. The molecule has 0 N–H and O–H groups in total. The SMILES string of the molecule is O=C(c1ccccc1-n1cccn1)N1CC[C@H]2[C@H](C1)OCc1cnnn12. The van der Waals surface area contributed by atoms with Crippen molar-refractivity contribution < 1.29 is 9.53 Å². The number of para-hydroxylation sites is 1. The minimum atomic E-state index is -0.0567. The number of benzene rings is 1. The van der Waals surface area contributed by atoms with Gasteiger partial charge in [-0.2, -0.15) is 5.10 Å². The van der Waals surface area contributed by atoms with E-state index in [0.717, 1.165) is 17.8 Å². The number of hydrogen-bond acceptors (Lipinski definition) is 5. The Balaban J connectivity index is 1.40. The van der Waals surface area contributed by atoms with Crippen molar-refractivity contribution >= 4 is 5.91 Å². The van der Waals surface area contributed by atoms with Gasteiger partial charge in [-0.1, -0.05) is 17.3 Å². The minimum Gasteiger partial charge on any atom is -0.368 e. The van der Waals surface area contributed by atoms with Crippen LogP contribution >= 0.6 is 0 Å². The predicted molar refractivity (Wildman–Crippen MR) is 91.7 cm³/mol. The molecule has 0 radical (unpaired) electrons. The van der Waals surface area contributed by atoms with Gasteiger partial charge >= 0.3 is 0 Å². The van der Waals surface area contributed by atoms with Crippen LogP contribution in [0.3, 0.4) is 0 Å². The largest absolute Gasteiger partial charge is 0.368 e. The fourth-order valence-corrected chi connectivity index (χ4v) is 3.81. The Morgan fingerprint density at radius 1 is 1.23 bits per heavy atom. The summed E-state index contributed by atoms with van der Waals surface area (Å²) in [6, 6.07) is 9.54. The summed E-state index contributed by atoms with van der Waals surface area (Å²) in [4.78, 5) is 15.0. The summed E-state index contributed by atoms with van der Waals surface area (Å²) in [6.07, 6.45) is 6.04. The van der Waals surface area contributed by atoms with Crippen molar-refractivity contribution in [3.05, 3.63) is 60.2 Å². The van der Waals surface area contributed by atoms with E-state index in [4.69, 9.17) is 4.74 Å². The molecular formula is C18H18N6O2. The zero-order valence-electron chi connectivity index (χ0n) is 14.1. The Bertz CT molecular complexity index is 935. The van der Waals surface area contributed by atoms with Gasteiger partial charge in [-0.25, -0.2) is 9.36 Å². The molecule has 26 heavy (non-hydrogen) atoms. The molecule has 1 amide bonds. The Labute approximate surface area is 150 Å². The van der Waals surface area contributed by atoms with E-state index < -0.39 is 0 Å². The van der Waals surface area contributed by atoms with Gasteiger partial charge < -0.3 is 9.64 Å². The van der Waals surface area contributed by atoms with Crippen molar-refractivity contribution in [2.24, 2.45) is 0 Å². The molecule has 0 spiro atoms. The first-order valence-corrected chi connectivity index (χ1v) is 8.70. The average molecular weight is 350 g/mol.